The Hall–Kier alpha value is -5.16. The smallest absolute Gasteiger partial charge is 0.141 e. The van der Waals surface area contributed by atoms with Crippen LogP contribution in [0.2, 0.25) is 0 Å². The lowest BCUT2D eigenvalue weighted by Gasteiger charge is -2.23. The number of hydrogen-bond acceptors (Lipinski definition) is 8. The summed E-state index contributed by atoms with van der Waals surface area (Å²) >= 11 is 0. The quantitative estimate of drug-likeness (QED) is 0.115. The first-order chi connectivity index (χ1) is 24.0. The van der Waals surface area contributed by atoms with Gasteiger partial charge in [-0.15, -0.1) is 0 Å². The third-order valence-corrected chi connectivity index (χ3v) is 8.77. The van der Waals surface area contributed by atoms with Gasteiger partial charge in [-0.2, -0.15) is 0 Å². The van der Waals surface area contributed by atoms with E-state index < -0.39 is 0 Å². The SMILES string of the molecule is CC(=O)CC(NCc1ccc(-c2ccncc2)cc1)c1ccc2c(c1)nc(-c1ccc(N(CCO)CCO)cc1)n2CCCn1ccnc1. The highest BCUT2D eigenvalue weighted by molar-refractivity contribution is 5.82. The summed E-state index contributed by atoms with van der Waals surface area (Å²) in [5.74, 6) is 0.985. The van der Waals surface area contributed by atoms with E-state index in [-0.39, 0.29) is 25.0 Å². The number of carbonyl (C=O) groups is 1. The number of nitrogens with one attached hydrogen (secondary N) is 1. The molecule has 0 fully saturated rings. The van der Waals surface area contributed by atoms with Gasteiger partial charge < -0.3 is 29.6 Å². The van der Waals surface area contributed by atoms with E-state index in [4.69, 9.17) is 4.98 Å². The first-order valence-corrected chi connectivity index (χ1v) is 16.8. The average molecular weight is 658 g/mol. The Morgan fingerprint density at radius 2 is 1.55 bits per heavy atom. The predicted octanol–water partition coefficient (Wildman–Crippen LogP) is 5.65. The minimum absolute atomic E-state index is 0.00884. The van der Waals surface area contributed by atoms with Crippen LogP contribution in [0.5, 0.6) is 0 Å². The molecule has 0 saturated heterocycles. The third-order valence-electron chi connectivity index (χ3n) is 8.77. The van der Waals surface area contributed by atoms with Crippen molar-refractivity contribution in [1.29, 1.82) is 0 Å². The molecular formula is C39H43N7O3. The molecule has 3 aromatic carbocycles. The van der Waals surface area contributed by atoms with Crippen LogP contribution in [0, 0.1) is 0 Å². The van der Waals surface area contributed by atoms with Crippen LogP contribution < -0.4 is 10.2 Å². The minimum Gasteiger partial charge on any atom is -0.395 e. The number of carbonyl (C=O) groups excluding carboxylic acids is 1. The molecule has 0 spiro atoms. The van der Waals surface area contributed by atoms with Crippen LogP contribution >= 0.6 is 0 Å². The molecule has 0 saturated carbocycles. The molecule has 0 aliphatic heterocycles. The first kappa shape index (κ1) is 33.7. The first-order valence-electron chi connectivity index (χ1n) is 16.8. The molecular weight excluding hydrogens is 614 g/mol. The molecule has 1 unspecified atom stereocenters. The maximum absolute atomic E-state index is 12.4. The summed E-state index contributed by atoms with van der Waals surface area (Å²) in [4.78, 5) is 27.8. The Morgan fingerprint density at radius 3 is 2.22 bits per heavy atom. The van der Waals surface area contributed by atoms with Gasteiger partial charge in [0.25, 0.3) is 0 Å². The molecule has 3 aromatic heterocycles. The second-order valence-electron chi connectivity index (χ2n) is 12.2. The van der Waals surface area contributed by atoms with E-state index in [2.05, 4.69) is 66.9 Å². The fourth-order valence-electron chi connectivity index (χ4n) is 6.27. The van der Waals surface area contributed by atoms with Crippen LogP contribution in [0.25, 0.3) is 33.5 Å². The summed E-state index contributed by atoms with van der Waals surface area (Å²) in [7, 11) is 0. The number of aromatic nitrogens is 5. The van der Waals surface area contributed by atoms with Crippen molar-refractivity contribution in [2.75, 3.05) is 31.2 Å². The maximum Gasteiger partial charge on any atom is 0.141 e. The summed E-state index contributed by atoms with van der Waals surface area (Å²) in [6.45, 7) is 4.76. The highest BCUT2D eigenvalue weighted by Gasteiger charge is 2.18. The largest absolute Gasteiger partial charge is 0.395 e. The van der Waals surface area contributed by atoms with Gasteiger partial charge in [0.15, 0.2) is 0 Å². The zero-order valence-corrected chi connectivity index (χ0v) is 27.8. The van der Waals surface area contributed by atoms with Crippen molar-refractivity contribution in [3.63, 3.8) is 0 Å². The molecule has 10 heteroatoms. The Bertz CT molecular complexity index is 1920. The van der Waals surface area contributed by atoms with Gasteiger partial charge in [0.05, 0.1) is 30.6 Å². The molecule has 6 rings (SSSR count). The van der Waals surface area contributed by atoms with Crippen LogP contribution in [0.15, 0.2) is 110 Å². The van der Waals surface area contributed by atoms with Gasteiger partial charge in [-0.05, 0) is 84.1 Å². The van der Waals surface area contributed by atoms with Crippen molar-refractivity contribution in [3.05, 3.63) is 121 Å². The van der Waals surface area contributed by atoms with E-state index in [1.807, 2.05) is 53.8 Å². The summed E-state index contributed by atoms with van der Waals surface area (Å²) in [5, 5.41) is 22.7. The second kappa shape index (κ2) is 16.3. The molecule has 0 bridgehead atoms. The molecule has 0 aliphatic carbocycles. The van der Waals surface area contributed by atoms with Gasteiger partial charge >= 0.3 is 0 Å². The molecule has 0 amide bonds. The second-order valence-corrected chi connectivity index (χ2v) is 12.2. The molecule has 3 heterocycles. The number of Topliss-reactive ketones (excluding diaryl/α,β-unsaturated/α-hetero) is 1. The molecule has 3 N–H and O–H groups in total. The number of ketones is 1. The van der Waals surface area contributed by atoms with Crippen LogP contribution in [0.3, 0.4) is 0 Å². The van der Waals surface area contributed by atoms with E-state index in [1.54, 1.807) is 25.5 Å². The van der Waals surface area contributed by atoms with Gasteiger partial charge in [-0.1, -0.05) is 30.3 Å². The zero-order chi connectivity index (χ0) is 34.0. The number of benzene rings is 3. The van der Waals surface area contributed by atoms with Gasteiger partial charge in [0.1, 0.15) is 11.6 Å². The average Bonchev–Trinajstić information content (AvgIpc) is 3.78. The number of aliphatic hydroxyl groups is 2. The van der Waals surface area contributed by atoms with Crippen LogP contribution in [0.1, 0.15) is 36.9 Å². The fraction of sp³-hybridized carbons (Fsp3) is 0.282. The summed E-state index contributed by atoms with van der Waals surface area (Å²) < 4.78 is 4.34. The lowest BCUT2D eigenvalue weighted by atomic mass is 10.00. The number of hydrogen-bond donors (Lipinski definition) is 3. The number of fused-ring (bicyclic) bond motifs is 1. The van der Waals surface area contributed by atoms with Gasteiger partial charge in [-0.25, -0.2) is 9.97 Å². The monoisotopic (exact) mass is 657 g/mol. The predicted molar refractivity (Wildman–Crippen MR) is 193 cm³/mol. The summed E-state index contributed by atoms with van der Waals surface area (Å²) in [6, 6.07) is 26.8. The minimum atomic E-state index is -0.167. The molecule has 1 atom stereocenters. The standard InChI is InChI=1S/C39H43N7O3/c1-29(49)25-36(42-27-30-3-5-31(6-4-30)32-13-15-40-16-14-32)34-9-12-38-37(26-34)43-39(46(38)19-2-18-44-20-17-41-28-44)33-7-10-35(11-8-33)45(21-23-47)22-24-48/h3-17,20,26,28,36,42,47-48H,2,18-19,21-25,27H2,1H3. The van der Waals surface area contributed by atoms with E-state index in [9.17, 15) is 15.0 Å². The van der Waals surface area contributed by atoms with E-state index >= 15 is 0 Å². The summed E-state index contributed by atoms with van der Waals surface area (Å²) in [6.07, 6.45) is 10.5. The van der Waals surface area contributed by atoms with Crippen molar-refractivity contribution >= 4 is 22.5 Å². The molecule has 0 aliphatic rings. The summed E-state index contributed by atoms with van der Waals surface area (Å²) in [5.41, 5.74) is 8.23. The number of aliphatic hydroxyl groups excluding tert-OH is 2. The number of rotatable bonds is 17. The van der Waals surface area contributed by atoms with E-state index in [0.717, 1.165) is 69.9 Å². The van der Waals surface area contributed by atoms with Crippen molar-refractivity contribution in [2.24, 2.45) is 0 Å². The van der Waals surface area contributed by atoms with Crippen LogP contribution in [-0.2, 0) is 24.4 Å². The highest BCUT2D eigenvalue weighted by Crippen LogP contribution is 2.30. The topological polar surface area (TPSA) is 121 Å². The highest BCUT2D eigenvalue weighted by atomic mass is 16.3. The van der Waals surface area contributed by atoms with Crippen molar-refractivity contribution in [2.45, 2.75) is 45.4 Å². The van der Waals surface area contributed by atoms with Crippen molar-refractivity contribution in [3.8, 4) is 22.5 Å². The Balaban J connectivity index is 1.27. The lowest BCUT2D eigenvalue weighted by Crippen LogP contribution is -2.29. The van der Waals surface area contributed by atoms with Crippen LogP contribution in [0.4, 0.5) is 5.69 Å². The number of aryl methyl sites for hydroxylation is 2. The van der Waals surface area contributed by atoms with Crippen molar-refractivity contribution < 1.29 is 15.0 Å². The molecule has 252 valence electrons. The Labute approximate surface area is 286 Å². The number of imidazole rings is 2. The number of pyridine rings is 1. The number of nitrogens with zero attached hydrogens (tertiary/aromatic N) is 6. The normalized spacial score (nSPS) is 12.0. The van der Waals surface area contributed by atoms with Gasteiger partial charge in [-0.3, -0.25) is 9.78 Å². The Morgan fingerprint density at radius 1 is 0.837 bits per heavy atom. The van der Waals surface area contributed by atoms with Gasteiger partial charge in [0.2, 0.25) is 0 Å². The third kappa shape index (κ3) is 8.47. The number of anilines is 1. The molecule has 0 radical (unpaired) electrons. The zero-order valence-electron chi connectivity index (χ0n) is 27.8. The molecule has 10 nitrogen and oxygen atoms in total. The molecule has 49 heavy (non-hydrogen) atoms. The Kier molecular flexibility index (Phi) is 11.2. The maximum atomic E-state index is 12.4. The van der Waals surface area contributed by atoms with E-state index in [0.29, 0.717) is 26.1 Å². The van der Waals surface area contributed by atoms with Crippen molar-refractivity contribution in [1.82, 2.24) is 29.4 Å². The lowest BCUT2D eigenvalue weighted by molar-refractivity contribution is -0.117. The fourth-order valence-corrected chi connectivity index (χ4v) is 6.27. The van der Waals surface area contributed by atoms with Crippen LogP contribution in [-0.4, -0.2) is 66.4 Å². The van der Waals surface area contributed by atoms with E-state index in [1.165, 1.54) is 0 Å². The molecule has 6 aromatic rings. The van der Waals surface area contributed by atoms with Gasteiger partial charge in [0, 0.05) is 81.2 Å².